The molecule has 1 aromatic rings. The van der Waals surface area contributed by atoms with Gasteiger partial charge in [-0.15, -0.1) is 0 Å². The first-order valence-electron chi connectivity index (χ1n) is 10.2. The summed E-state index contributed by atoms with van der Waals surface area (Å²) in [6, 6.07) is 9.06. The highest BCUT2D eigenvalue weighted by Gasteiger charge is 2.39. The van der Waals surface area contributed by atoms with Gasteiger partial charge in [-0.2, -0.15) is 0 Å². The minimum Gasteiger partial charge on any atom is -0.460 e. The molecule has 0 aromatic heterocycles. The summed E-state index contributed by atoms with van der Waals surface area (Å²) in [5.74, 6) is -0.708. The third kappa shape index (κ3) is 11.5. The minimum absolute atomic E-state index is 0.0121. The first-order chi connectivity index (χ1) is 15.4. The number of methoxy groups -OCH3 is 2. The van der Waals surface area contributed by atoms with E-state index in [2.05, 4.69) is 0 Å². The Hall–Kier alpha value is -2.85. The summed E-state index contributed by atoms with van der Waals surface area (Å²) < 4.78 is 35.0. The van der Waals surface area contributed by atoms with Gasteiger partial charge in [0.25, 0.3) is 0 Å². The maximum atomic E-state index is 12.7. The molecule has 0 N–H and O–H groups in total. The number of hydrogen-bond donors (Lipinski definition) is 0. The van der Waals surface area contributed by atoms with Crippen LogP contribution in [-0.4, -0.2) is 72.1 Å². The predicted octanol–water partition coefficient (Wildman–Crippen LogP) is 3.12. The Kier molecular flexibility index (Phi) is 13.5. The van der Waals surface area contributed by atoms with Crippen LogP contribution < -0.4 is 0 Å². The molecule has 0 heterocycles. The molecular formula is C22H32O10. The first-order valence-corrected chi connectivity index (χ1v) is 10.2. The van der Waals surface area contributed by atoms with Crippen LogP contribution >= 0.6 is 0 Å². The minimum atomic E-state index is -1.47. The van der Waals surface area contributed by atoms with Gasteiger partial charge in [-0.1, -0.05) is 30.3 Å². The standard InChI is InChI=1S/C22H32O10/c1-22(16-31-20(24)28-13-7-11-26-2,17-32-21(25)29-14-8-12-27-3)19(23)30-15-18-9-5-4-6-10-18/h4-6,9-10H,7-8,11-17H2,1-3H3. The summed E-state index contributed by atoms with van der Waals surface area (Å²) in [5, 5.41) is 0. The molecule has 0 spiro atoms. The maximum absolute atomic E-state index is 12.7. The molecule has 0 aliphatic heterocycles. The van der Waals surface area contributed by atoms with Crippen molar-refractivity contribution in [3.8, 4) is 0 Å². The zero-order valence-corrected chi connectivity index (χ0v) is 18.8. The monoisotopic (exact) mass is 456 g/mol. The number of benzene rings is 1. The van der Waals surface area contributed by atoms with Crippen molar-refractivity contribution in [1.82, 2.24) is 0 Å². The van der Waals surface area contributed by atoms with Gasteiger partial charge in [-0.05, 0) is 12.5 Å². The molecule has 180 valence electrons. The number of rotatable bonds is 15. The second kappa shape index (κ2) is 15.9. The Morgan fingerprint density at radius 1 is 0.719 bits per heavy atom. The van der Waals surface area contributed by atoms with Crippen molar-refractivity contribution in [3.63, 3.8) is 0 Å². The van der Waals surface area contributed by atoms with E-state index in [0.717, 1.165) is 5.56 Å². The van der Waals surface area contributed by atoms with E-state index in [-0.39, 0.29) is 19.8 Å². The molecule has 0 fully saturated rings. The SMILES string of the molecule is COCCCOC(=O)OCC(C)(COC(=O)OCCCOC)C(=O)OCc1ccccc1. The molecule has 0 amide bonds. The van der Waals surface area contributed by atoms with Crippen LogP contribution in [0.5, 0.6) is 0 Å². The number of hydrogen-bond acceptors (Lipinski definition) is 10. The van der Waals surface area contributed by atoms with E-state index < -0.39 is 36.9 Å². The highest BCUT2D eigenvalue weighted by atomic mass is 16.7. The Labute approximate surface area is 188 Å². The van der Waals surface area contributed by atoms with E-state index in [0.29, 0.717) is 26.1 Å². The smallest absolute Gasteiger partial charge is 0.460 e. The lowest BCUT2D eigenvalue weighted by atomic mass is 9.93. The summed E-state index contributed by atoms with van der Waals surface area (Å²) in [5.41, 5.74) is -0.688. The largest absolute Gasteiger partial charge is 0.508 e. The van der Waals surface area contributed by atoms with Gasteiger partial charge in [-0.25, -0.2) is 9.59 Å². The van der Waals surface area contributed by atoms with Crippen LogP contribution in [0.1, 0.15) is 25.3 Å². The van der Waals surface area contributed by atoms with E-state index in [9.17, 15) is 14.4 Å². The molecule has 10 nitrogen and oxygen atoms in total. The van der Waals surface area contributed by atoms with Crippen molar-refractivity contribution in [2.75, 3.05) is 53.9 Å². The number of esters is 1. The molecule has 1 aromatic carbocycles. The van der Waals surface area contributed by atoms with Crippen LogP contribution in [0.25, 0.3) is 0 Å². The molecule has 0 aliphatic rings. The normalized spacial score (nSPS) is 10.8. The second-order valence-corrected chi connectivity index (χ2v) is 7.09. The van der Waals surface area contributed by atoms with Crippen LogP contribution in [0, 0.1) is 5.41 Å². The summed E-state index contributed by atoms with van der Waals surface area (Å²) in [6.07, 6.45) is -0.907. The quantitative estimate of drug-likeness (QED) is 0.221. The van der Waals surface area contributed by atoms with Gasteiger partial charge in [-0.3, -0.25) is 4.79 Å². The molecule has 1 rings (SSSR count). The van der Waals surface area contributed by atoms with Crippen molar-refractivity contribution in [2.45, 2.75) is 26.4 Å². The predicted molar refractivity (Wildman–Crippen MR) is 112 cm³/mol. The van der Waals surface area contributed by atoms with E-state index in [1.807, 2.05) is 18.2 Å². The van der Waals surface area contributed by atoms with Gasteiger partial charge in [0, 0.05) is 40.3 Å². The van der Waals surface area contributed by atoms with E-state index >= 15 is 0 Å². The number of carbonyl (C=O) groups excluding carboxylic acids is 3. The van der Waals surface area contributed by atoms with Crippen LogP contribution in [0.4, 0.5) is 9.59 Å². The molecule has 0 saturated carbocycles. The lowest BCUT2D eigenvalue weighted by molar-refractivity contribution is -0.162. The van der Waals surface area contributed by atoms with Crippen LogP contribution in [-0.2, 0) is 44.6 Å². The average molecular weight is 456 g/mol. The van der Waals surface area contributed by atoms with Gasteiger partial charge in [0.2, 0.25) is 0 Å². The van der Waals surface area contributed by atoms with Gasteiger partial charge >= 0.3 is 18.3 Å². The van der Waals surface area contributed by atoms with Crippen LogP contribution in [0.3, 0.4) is 0 Å². The molecule has 0 unspecified atom stereocenters. The molecule has 10 heteroatoms. The zero-order chi connectivity index (χ0) is 23.7. The molecule has 0 atom stereocenters. The maximum Gasteiger partial charge on any atom is 0.508 e. The topological polar surface area (TPSA) is 116 Å². The fraction of sp³-hybridized carbons (Fsp3) is 0.591. The van der Waals surface area contributed by atoms with E-state index in [1.54, 1.807) is 12.1 Å². The highest BCUT2D eigenvalue weighted by Crippen LogP contribution is 2.22. The van der Waals surface area contributed by atoms with Crippen molar-refractivity contribution >= 4 is 18.3 Å². The third-order valence-electron chi connectivity index (χ3n) is 4.15. The van der Waals surface area contributed by atoms with Crippen molar-refractivity contribution in [2.24, 2.45) is 5.41 Å². The van der Waals surface area contributed by atoms with Crippen LogP contribution in [0.2, 0.25) is 0 Å². The third-order valence-corrected chi connectivity index (χ3v) is 4.15. The first kappa shape index (κ1) is 27.2. The van der Waals surface area contributed by atoms with Crippen molar-refractivity contribution in [1.29, 1.82) is 0 Å². The van der Waals surface area contributed by atoms with E-state index in [4.69, 9.17) is 33.2 Å². The van der Waals surface area contributed by atoms with Gasteiger partial charge < -0.3 is 33.2 Å². The van der Waals surface area contributed by atoms with Gasteiger partial charge in [0.15, 0.2) is 0 Å². The number of ether oxygens (including phenoxy) is 7. The average Bonchev–Trinajstić information content (AvgIpc) is 2.81. The van der Waals surface area contributed by atoms with Crippen molar-refractivity contribution < 1.29 is 47.5 Å². The van der Waals surface area contributed by atoms with Crippen LogP contribution in [0.15, 0.2) is 30.3 Å². The second-order valence-electron chi connectivity index (χ2n) is 7.09. The Morgan fingerprint density at radius 2 is 1.22 bits per heavy atom. The lowest BCUT2D eigenvalue weighted by Crippen LogP contribution is -2.40. The Morgan fingerprint density at radius 3 is 1.69 bits per heavy atom. The fourth-order valence-electron chi connectivity index (χ4n) is 2.29. The highest BCUT2D eigenvalue weighted by molar-refractivity contribution is 5.77. The molecule has 32 heavy (non-hydrogen) atoms. The number of carbonyl (C=O) groups is 3. The Bertz CT molecular complexity index is 649. The lowest BCUT2D eigenvalue weighted by Gasteiger charge is -2.26. The zero-order valence-electron chi connectivity index (χ0n) is 18.8. The molecule has 0 bridgehead atoms. The molecule has 0 saturated heterocycles. The Balaban J connectivity index is 2.63. The summed E-state index contributed by atoms with van der Waals surface area (Å²) in [7, 11) is 3.07. The summed E-state index contributed by atoms with van der Waals surface area (Å²) >= 11 is 0. The van der Waals surface area contributed by atoms with Gasteiger partial charge in [0.1, 0.15) is 25.2 Å². The molecular weight excluding hydrogens is 424 g/mol. The molecule has 0 radical (unpaired) electrons. The summed E-state index contributed by atoms with van der Waals surface area (Å²) in [4.78, 5) is 36.4. The molecule has 0 aliphatic carbocycles. The van der Waals surface area contributed by atoms with E-state index in [1.165, 1.54) is 21.1 Å². The fourth-order valence-corrected chi connectivity index (χ4v) is 2.29. The van der Waals surface area contributed by atoms with Gasteiger partial charge in [0.05, 0.1) is 13.2 Å². The summed E-state index contributed by atoms with van der Waals surface area (Å²) in [6.45, 7) is 1.70. The van der Waals surface area contributed by atoms with Crippen molar-refractivity contribution in [3.05, 3.63) is 35.9 Å².